The minimum absolute atomic E-state index is 0.300. The summed E-state index contributed by atoms with van der Waals surface area (Å²) in [6.07, 6.45) is 11.7. The summed E-state index contributed by atoms with van der Waals surface area (Å²) in [4.78, 5) is 27.4. The second kappa shape index (κ2) is 15.4. The first kappa shape index (κ1) is 27.6. The van der Waals surface area contributed by atoms with E-state index < -0.39 is 17.8 Å². The standard InChI is InChI=1S/C25H36FN3O2S/c1-18(2)7-5-8-19(3)9-6-10-20(4)13-14-32-17-22(23(30)15-24(27)31)29-25-12-11-21(26)16-28-25/h7,9,11-13,16,22H,5-6,8,10,14-15,17H2,1-4H3,(H2,27,31)(H,28,29)/b19-9+,20-13+. The van der Waals surface area contributed by atoms with E-state index in [-0.39, 0.29) is 12.2 Å². The molecule has 1 aromatic rings. The van der Waals surface area contributed by atoms with Crippen molar-refractivity contribution in [3.8, 4) is 0 Å². The summed E-state index contributed by atoms with van der Waals surface area (Å²) in [5, 5.41) is 2.98. The fourth-order valence-corrected chi connectivity index (χ4v) is 3.92. The van der Waals surface area contributed by atoms with Gasteiger partial charge in [-0.3, -0.25) is 9.59 Å². The molecule has 1 heterocycles. The molecule has 1 atom stereocenters. The highest BCUT2D eigenvalue weighted by molar-refractivity contribution is 7.99. The number of Topliss-reactive ketones (excluding diaryl/α,β-unsaturated/α-hetero) is 1. The lowest BCUT2D eigenvalue weighted by atomic mass is 10.1. The van der Waals surface area contributed by atoms with Crippen LogP contribution in [-0.2, 0) is 9.59 Å². The van der Waals surface area contributed by atoms with Gasteiger partial charge in [-0.25, -0.2) is 9.37 Å². The van der Waals surface area contributed by atoms with Crippen molar-refractivity contribution in [1.82, 2.24) is 4.98 Å². The molecule has 32 heavy (non-hydrogen) atoms. The summed E-state index contributed by atoms with van der Waals surface area (Å²) in [5.41, 5.74) is 9.25. The molecule has 1 amide bonds. The highest BCUT2D eigenvalue weighted by Gasteiger charge is 2.20. The van der Waals surface area contributed by atoms with Crippen LogP contribution < -0.4 is 11.1 Å². The number of thioether (sulfide) groups is 1. The lowest BCUT2D eigenvalue weighted by Crippen LogP contribution is -2.35. The molecule has 0 saturated heterocycles. The highest BCUT2D eigenvalue weighted by atomic mass is 32.2. The maximum absolute atomic E-state index is 13.1. The molecule has 176 valence electrons. The van der Waals surface area contributed by atoms with E-state index in [1.165, 1.54) is 28.9 Å². The van der Waals surface area contributed by atoms with Crippen LogP contribution in [-0.4, -0.2) is 34.2 Å². The lowest BCUT2D eigenvalue weighted by molar-refractivity contribution is -0.126. The van der Waals surface area contributed by atoms with E-state index >= 15 is 0 Å². The Morgan fingerprint density at radius 3 is 2.34 bits per heavy atom. The summed E-state index contributed by atoms with van der Waals surface area (Å²) in [7, 11) is 0. The van der Waals surface area contributed by atoms with E-state index in [2.05, 4.69) is 56.2 Å². The average molecular weight is 462 g/mol. The van der Waals surface area contributed by atoms with E-state index in [1.807, 2.05) is 0 Å². The smallest absolute Gasteiger partial charge is 0.224 e. The van der Waals surface area contributed by atoms with Gasteiger partial charge in [0.15, 0.2) is 5.78 Å². The van der Waals surface area contributed by atoms with Crippen LogP contribution in [0, 0.1) is 5.82 Å². The van der Waals surface area contributed by atoms with Crippen molar-refractivity contribution >= 4 is 29.3 Å². The van der Waals surface area contributed by atoms with Crippen molar-refractivity contribution in [2.75, 3.05) is 16.8 Å². The Morgan fingerprint density at radius 1 is 1.09 bits per heavy atom. The Hall–Kier alpha value is -2.41. The van der Waals surface area contributed by atoms with Gasteiger partial charge in [-0.2, -0.15) is 11.8 Å². The Bertz CT molecular complexity index is 828. The second-order valence-corrected chi connectivity index (χ2v) is 9.24. The quantitative estimate of drug-likeness (QED) is 0.202. The summed E-state index contributed by atoms with van der Waals surface area (Å²) in [6.45, 7) is 8.54. The number of hydrogen-bond acceptors (Lipinski definition) is 5. The number of nitrogens with two attached hydrogens (primary N) is 1. The number of hydrogen-bond donors (Lipinski definition) is 2. The van der Waals surface area contributed by atoms with Crippen LogP contribution in [0.2, 0.25) is 0 Å². The van der Waals surface area contributed by atoms with E-state index in [0.717, 1.165) is 37.6 Å². The molecule has 0 aliphatic carbocycles. The molecule has 5 nitrogen and oxygen atoms in total. The fraction of sp³-hybridized carbons (Fsp3) is 0.480. The van der Waals surface area contributed by atoms with Gasteiger partial charge < -0.3 is 11.1 Å². The molecule has 0 aromatic carbocycles. The Morgan fingerprint density at radius 2 is 1.75 bits per heavy atom. The van der Waals surface area contributed by atoms with Crippen LogP contribution in [0.4, 0.5) is 10.2 Å². The number of primary amides is 1. The SMILES string of the molecule is CC(C)=CCC/C(C)=C/CC/C(C)=C/CSCC(Nc1ccc(F)cn1)C(=O)CC(N)=O. The minimum atomic E-state index is -0.668. The first-order valence-corrected chi connectivity index (χ1v) is 12.0. The van der Waals surface area contributed by atoms with Crippen molar-refractivity contribution < 1.29 is 14.0 Å². The zero-order valence-corrected chi connectivity index (χ0v) is 20.4. The van der Waals surface area contributed by atoms with Gasteiger partial charge in [-0.05, 0) is 65.5 Å². The van der Waals surface area contributed by atoms with Crippen LogP contribution in [0.25, 0.3) is 0 Å². The first-order valence-electron chi connectivity index (χ1n) is 10.9. The molecule has 0 aliphatic heterocycles. The van der Waals surface area contributed by atoms with Crippen LogP contribution >= 0.6 is 11.8 Å². The molecule has 3 N–H and O–H groups in total. The molecule has 7 heteroatoms. The number of rotatable bonds is 15. The maximum atomic E-state index is 13.1. The molecule has 1 aromatic heterocycles. The first-order chi connectivity index (χ1) is 15.2. The largest absolute Gasteiger partial charge is 0.369 e. The van der Waals surface area contributed by atoms with Gasteiger partial charge in [-0.1, -0.05) is 34.9 Å². The van der Waals surface area contributed by atoms with Crippen molar-refractivity contribution in [1.29, 1.82) is 0 Å². The van der Waals surface area contributed by atoms with Crippen LogP contribution in [0.15, 0.2) is 53.3 Å². The zero-order valence-electron chi connectivity index (χ0n) is 19.6. The number of carbonyl (C=O) groups excluding carboxylic acids is 2. The topological polar surface area (TPSA) is 85.1 Å². The van der Waals surface area contributed by atoms with Gasteiger partial charge in [0, 0.05) is 11.5 Å². The number of nitrogens with one attached hydrogen (secondary N) is 1. The molecule has 0 fully saturated rings. The van der Waals surface area contributed by atoms with E-state index in [1.54, 1.807) is 11.8 Å². The van der Waals surface area contributed by atoms with Crippen LogP contribution in [0.1, 0.15) is 59.8 Å². The number of pyridine rings is 1. The van der Waals surface area contributed by atoms with Gasteiger partial charge in [0.25, 0.3) is 0 Å². The predicted molar refractivity (Wildman–Crippen MR) is 133 cm³/mol. The van der Waals surface area contributed by atoms with Crippen molar-refractivity contribution in [2.45, 2.75) is 65.8 Å². The predicted octanol–water partition coefficient (Wildman–Crippen LogP) is 5.60. The number of nitrogens with zero attached hydrogens (tertiary/aromatic N) is 1. The number of ketones is 1. The Labute approximate surface area is 195 Å². The molecule has 0 aliphatic rings. The lowest BCUT2D eigenvalue weighted by Gasteiger charge is -2.17. The molecular formula is C25H36FN3O2S. The monoisotopic (exact) mass is 461 g/mol. The molecule has 0 bridgehead atoms. The Kier molecular flexibility index (Phi) is 13.3. The maximum Gasteiger partial charge on any atom is 0.224 e. The molecule has 0 spiro atoms. The van der Waals surface area contributed by atoms with Gasteiger partial charge in [0.05, 0.1) is 18.7 Å². The minimum Gasteiger partial charge on any atom is -0.369 e. The van der Waals surface area contributed by atoms with Crippen molar-refractivity contribution in [3.05, 3.63) is 59.1 Å². The number of carbonyl (C=O) groups is 2. The zero-order chi connectivity index (χ0) is 23.9. The second-order valence-electron chi connectivity index (χ2n) is 8.17. The van der Waals surface area contributed by atoms with E-state index in [9.17, 15) is 14.0 Å². The highest BCUT2D eigenvalue weighted by Crippen LogP contribution is 2.15. The van der Waals surface area contributed by atoms with E-state index in [0.29, 0.717) is 11.6 Å². The van der Waals surface area contributed by atoms with Gasteiger partial charge >= 0.3 is 0 Å². The summed E-state index contributed by atoms with van der Waals surface area (Å²) >= 11 is 1.59. The number of aromatic nitrogens is 1. The molecule has 1 rings (SSSR count). The third-order valence-electron chi connectivity index (χ3n) is 4.74. The molecule has 1 unspecified atom stereocenters. The molecule has 0 radical (unpaired) electrons. The molecule has 0 saturated carbocycles. The molecular weight excluding hydrogens is 425 g/mol. The number of allylic oxidation sites excluding steroid dienone is 5. The fourth-order valence-electron chi connectivity index (χ4n) is 2.88. The van der Waals surface area contributed by atoms with Gasteiger partial charge in [0.1, 0.15) is 11.6 Å². The van der Waals surface area contributed by atoms with Gasteiger partial charge in [0.2, 0.25) is 5.91 Å². The Balaban J connectivity index is 2.49. The van der Waals surface area contributed by atoms with Crippen molar-refractivity contribution in [2.24, 2.45) is 5.73 Å². The third kappa shape index (κ3) is 13.1. The van der Waals surface area contributed by atoms with Crippen molar-refractivity contribution in [3.63, 3.8) is 0 Å². The normalized spacial score (nSPS) is 12.9. The average Bonchev–Trinajstić information content (AvgIpc) is 2.70. The van der Waals surface area contributed by atoms with Gasteiger partial charge in [-0.15, -0.1) is 0 Å². The number of halogens is 1. The number of amides is 1. The summed E-state index contributed by atoms with van der Waals surface area (Å²) < 4.78 is 13.1. The summed E-state index contributed by atoms with van der Waals surface area (Å²) in [5.74, 6) is 0.174. The number of anilines is 1. The van der Waals surface area contributed by atoms with Crippen LogP contribution in [0.5, 0.6) is 0 Å². The summed E-state index contributed by atoms with van der Waals surface area (Å²) in [6, 6.07) is 2.11. The van der Waals surface area contributed by atoms with E-state index in [4.69, 9.17) is 5.73 Å². The van der Waals surface area contributed by atoms with Crippen LogP contribution in [0.3, 0.4) is 0 Å². The third-order valence-corrected chi connectivity index (χ3v) is 5.71.